The van der Waals surface area contributed by atoms with Crippen LogP contribution in [0.25, 0.3) is 0 Å². The van der Waals surface area contributed by atoms with E-state index in [0.717, 1.165) is 44.8 Å². The highest BCUT2D eigenvalue weighted by molar-refractivity contribution is 5.27. The molecule has 0 aliphatic carbocycles. The van der Waals surface area contributed by atoms with E-state index in [-0.39, 0.29) is 0 Å². The molecule has 0 saturated carbocycles. The van der Waals surface area contributed by atoms with Gasteiger partial charge in [0.1, 0.15) is 11.9 Å². The van der Waals surface area contributed by atoms with Gasteiger partial charge in [0.15, 0.2) is 0 Å². The van der Waals surface area contributed by atoms with E-state index < -0.39 is 0 Å². The summed E-state index contributed by atoms with van der Waals surface area (Å²) in [6.07, 6.45) is 6.53. The summed E-state index contributed by atoms with van der Waals surface area (Å²) in [5, 5.41) is 7.57. The van der Waals surface area contributed by atoms with Gasteiger partial charge in [0.2, 0.25) is 0 Å². The lowest BCUT2D eigenvalue weighted by Gasteiger charge is -2.24. The van der Waals surface area contributed by atoms with Gasteiger partial charge in [0.25, 0.3) is 0 Å². The number of benzene rings is 1. The number of aromatic nitrogens is 2. The molecule has 1 fully saturated rings. The molecule has 0 bridgehead atoms. The maximum absolute atomic E-state index is 6.05. The van der Waals surface area contributed by atoms with E-state index in [9.17, 15) is 0 Å². The lowest BCUT2D eigenvalue weighted by Crippen LogP contribution is -2.34. The molecule has 5 nitrogen and oxygen atoms in total. The van der Waals surface area contributed by atoms with Crippen LogP contribution in [0.4, 0.5) is 0 Å². The topological polar surface area (TPSA) is 42.3 Å². The standard InChI is InChI=1S/C18H26N4O/c1-21(13-16-11-20-22(2)14-16)12-15-3-5-17(6-4-15)23-18-7-9-19-10-8-18/h3-6,11,14,18-19H,7-10,12-13H2,1-2H3. The molecular formula is C18H26N4O. The Morgan fingerprint density at radius 2 is 1.87 bits per heavy atom. The van der Waals surface area contributed by atoms with Crippen molar-refractivity contribution in [3.8, 4) is 5.75 Å². The van der Waals surface area contributed by atoms with Crippen LogP contribution in [-0.4, -0.2) is 40.9 Å². The van der Waals surface area contributed by atoms with Crippen molar-refractivity contribution in [2.45, 2.75) is 32.0 Å². The number of aryl methyl sites for hydroxylation is 1. The molecule has 1 N–H and O–H groups in total. The van der Waals surface area contributed by atoms with Crippen molar-refractivity contribution in [1.82, 2.24) is 20.0 Å². The summed E-state index contributed by atoms with van der Waals surface area (Å²) in [6.45, 7) is 3.94. The lowest BCUT2D eigenvalue weighted by molar-refractivity contribution is 0.162. The van der Waals surface area contributed by atoms with Crippen LogP contribution >= 0.6 is 0 Å². The fourth-order valence-electron chi connectivity index (χ4n) is 3.01. The Morgan fingerprint density at radius 1 is 1.17 bits per heavy atom. The molecule has 2 aromatic rings. The second-order valence-electron chi connectivity index (χ2n) is 6.41. The highest BCUT2D eigenvalue weighted by Gasteiger charge is 2.14. The van der Waals surface area contributed by atoms with Gasteiger partial charge in [-0.15, -0.1) is 0 Å². The van der Waals surface area contributed by atoms with Gasteiger partial charge in [-0.05, 0) is 50.7 Å². The Hall–Kier alpha value is -1.85. The lowest BCUT2D eigenvalue weighted by atomic mass is 10.1. The summed E-state index contributed by atoms with van der Waals surface area (Å²) < 4.78 is 7.89. The zero-order valence-electron chi connectivity index (χ0n) is 14.0. The molecule has 0 spiro atoms. The van der Waals surface area contributed by atoms with Crippen molar-refractivity contribution in [2.24, 2.45) is 7.05 Å². The fraction of sp³-hybridized carbons (Fsp3) is 0.500. The minimum atomic E-state index is 0.357. The van der Waals surface area contributed by atoms with E-state index in [1.54, 1.807) is 0 Å². The molecule has 0 amide bonds. The van der Waals surface area contributed by atoms with Crippen LogP contribution < -0.4 is 10.1 Å². The average molecular weight is 314 g/mol. The van der Waals surface area contributed by atoms with Crippen molar-refractivity contribution >= 4 is 0 Å². The molecule has 124 valence electrons. The van der Waals surface area contributed by atoms with Crippen LogP contribution in [0.3, 0.4) is 0 Å². The molecule has 1 aromatic heterocycles. The molecule has 23 heavy (non-hydrogen) atoms. The van der Waals surface area contributed by atoms with Crippen LogP contribution in [0.5, 0.6) is 5.75 Å². The third-order valence-corrected chi connectivity index (χ3v) is 4.18. The van der Waals surface area contributed by atoms with E-state index in [4.69, 9.17) is 4.74 Å². The average Bonchev–Trinajstić information content (AvgIpc) is 2.95. The number of hydrogen-bond donors (Lipinski definition) is 1. The summed E-state index contributed by atoms with van der Waals surface area (Å²) in [5.74, 6) is 0.982. The van der Waals surface area contributed by atoms with E-state index in [0.29, 0.717) is 6.10 Å². The summed E-state index contributed by atoms with van der Waals surface area (Å²) >= 11 is 0. The minimum Gasteiger partial charge on any atom is -0.490 e. The maximum atomic E-state index is 6.05. The van der Waals surface area contributed by atoms with Gasteiger partial charge in [-0.1, -0.05) is 12.1 Å². The first-order chi connectivity index (χ1) is 11.2. The first-order valence-corrected chi connectivity index (χ1v) is 8.31. The molecule has 1 aliphatic rings. The van der Waals surface area contributed by atoms with Gasteiger partial charge in [-0.25, -0.2) is 0 Å². The summed E-state index contributed by atoms with van der Waals surface area (Å²) in [4.78, 5) is 2.29. The molecule has 0 atom stereocenters. The fourth-order valence-corrected chi connectivity index (χ4v) is 3.01. The third-order valence-electron chi connectivity index (χ3n) is 4.18. The van der Waals surface area contributed by atoms with E-state index in [2.05, 4.69) is 52.8 Å². The summed E-state index contributed by atoms with van der Waals surface area (Å²) in [5.41, 5.74) is 2.54. The first kappa shape index (κ1) is 16.0. The molecule has 1 saturated heterocycles. The molecule has 5 heteroatoms. The van der Waals surface area contributed by atoms with Crippen molar-refractivity contribution < 1.29 is 4.74 Å². The van der Waals surface area contributed by atoms with Crippen molar-refractivity contribution in [2.75, 3.05) is 20.1 Å². The number of nitrogens with one attached hydrogen (secondary N) is 1. The summed E-state index contributed by atoms with van der Waals surface area (Å²) in [6, 6.07) is 8.51. The number of nitrogens with zero attached hydrogens (tertiary/aromatic N) is 3. The normalized spacial score (nSPS) is 16.0. The van der Waals surface area contributed by atoms with Gasteiger partial charge in [0.05, 0.1) is 6.20 Å². The van der Waals surface area contributed by atoms with Crippen molar-refractivity contribution in [3.63, 3.8) is 0 Å². The zero-order chi connectivity index (χ0) is 16.1. The zero-order valence-corrected chi connectivity index (χ0v) is 14.0. The Kier molecular flexibility index (Phi) is 5.31. The van der Waals surface area contributed by atoms with Crippen molar-refractivity contribution in [3.05, 3.63) is 47.8 Å². The molecule has 0 unspecified atom stereocenters. The van der Waals surface area contributed by atoms with Gasteiger partial charge < -0.3 is 10.1 Å². The first-order valence-electron chi connectivity index (χ1n) is 8.31. The van der Waals surface area contributed by atoms with E-state index >= 15 is 0 Å². The molecular weight excluding hydrogens is 288 g/mol. The predicted octanol–water partition coefficient (Wildman–Crippen LogP) is 2.18. The molecule has 2 heterocycles. The van der Waals surface area contributed by atoms with Gasteiger partial charge in [-0.3, -0.25) is 9.58 Å². The monoisotopic (exact) mass is 314 g/mol. The number of piperidine rings is 1. The predicted molar refractivity (Wildman–Crippen MR) is 91.3 cm³/mol. The number of ether oxygens (including phenoxy) is 1. The largest absolute Gasteiger partial charge is 0.490 e. The van der Waals surface area contributed by atoms with Gasteiger partial charge in [-0.2, -0.15) is 5.10 Å². The second kappa shape index (κ2) is 7.62. The van der Waals surface area contributed by atoms with Crippen LogP contribution in [0, 0.1) is 0 Å². The molecule has 1 aromatic carbocycles. The minimum absolute atomic E-state index is 0.357. The highest BCUT2D eigenvalue weighted by Crippen LogP contribution is 2.18. The Bertz CT molecular complexity index is 602. The molecule has 3 rings (SSSR count). The SMILES string of the molecule is CN(Cc1ccc(OC2CCNCC2)cc1)Cc1cnn(C)c1. The quantitative estimate of drug-likeness (QED) is 0.887. The van der Waals surface area contributed by atoms with Crippen LogP contribution in [0.1, 0.15) is 24.0 Å². The molecule has 0 radical (unpaired) electrons. The van der Waals surface area contributed by atoms with Crippen molar-refractivity contribution in [1.29, 1.82) is 0 Å². The second-order valence-corrected chi connectivity index (χ2v) is 6.41. The van der Waals surface area contributed by atoms with Crippen LogP contribution in [0.15, 0.2) is 36.7 Å². The number of hydrogen-bond acceptors (Lipinski definition) is 4. The van der Waals surface area contributed by atoms with E-state index in [1.807, 2.05) is 17.9 Å². The number of rotatable bonds is 6. The molecule has 1 aliphatic heterocycles. The van der Waals surface area contributed by atoms with Gasteiger partial charge in [0, 0.05) is 31.9 Å². The highest BCUT2D eigenvalue weighted by atomic mass is 16.5. The Labute approximate surface area is 138 Å². The van der Waals surface area contributed by atoms with Gasteiger partial charge >= 0.3 is 0 Å². The smallest absolute Gasteiger partial charge is 0.119 e. The Morgan fingerprint density at radius 3 is 2.52 bits per heavy atom. The van der Waals surface area contributed by atoms with Crippen LogP contribution in [-0.2, 0) is 20.1 Å². The maximum Gasteiger partial charge on any atom is 0.119 e. The van der Waals surface area contributed by atoms with E-state index in [1.165, 1.54) is 11.1 Å². The Balaban J connectivity index is 1.50. The van der Waals surface area contributed by atoms with Crippen LogP contribution in [0.2, 0.25) is 0 Å². The third kappa shape index (κ3) is 4.81. The summed E-state index contributed by atoms with van der Waals surface area (Å²) in [7, 11) is 4.08.